The van der Waals surface area contributed by atoms with Crippen molar-refractivity contribution in [1.29, 1.82) is 0 Å². The summed E-state index contributed by atoms with van der Waals surface area (Å²) in [5, 5.41) is 0. The zero-order chi connectivity index (χ0) is 25.7. The molecule has 0 fully saturated rings. The zero-order valence-corrected chi connectivity index (χ0v) is 24.1. The lowest BCUT2D eigenvalue weighted by Crippen LogP contribution is -1.96. The van der Waals surface area contributed by atoms with Gasteiger partial charge in [-0.25, -0.2) is 9.44 Å². The van der Waals surface area contributed by atoms with Crippen molar-refractivity contribution in [2.24, 2.45) is 0 Å². The monoisotopic (exact) mass is 476 g/mol. The smallest absolute Gasteiger partial charge is 0.0239 e. The van der Waals surface area contributed by atoms with E-state index in [1.807, 2.05) is 18.8 Å². The summed E-state index contributed by atoms with van der Waals surface area (Å²) < 4.78 is 0. The minimum absolute atomic E-state index is 0.667. The highest BCUT2D eigenvalue weighted by molar-refractivity contribution is 8.22. The fourth-order valence-corrected chi connectivity index (χ4v) is 3.95. The average molecular weight is 477 g/mol. The fraction of sp³-hybridized carbons (Fsp3) is 0.424. The molecule has 0 heterocycles. The van der Waals surface area contributed by atoms with E-state index in [0.29, 0.717) is 0 Å². The number of hydrogen-bond acceptors (Lipinski definition) is 0. The summed E-state index contributed by atoms with van der Waals surface area (Å²) in [7, 11) is -0.667. The first-order valence-corrected chi connectivity index (χ1v) is 15.4. The summed E-state index contributed by atoms with van der Waals surface area (Å²) in [6.45, 7) is 13.1. The molecule has 0 aromatic heterocycles. The van der Waals surface area contributed by atoms with Crippen molar-refractivity contribution < 1.29 is 0 Å². The van der Waals surface area contributed by atoms with Gasteiger partial charge in [-0.3, -0.25) is 0 Å². The molecule has 0 N–H and O–H groups in total. The minimum Gasteiger partial charge on any atom is -0.200 e. The maximum atomic E-state index is 5.44. The van der Waals surface area contributed by atoms with Crippen molar-refractivity contribution in [3.05, 3.63) is 105 Å². The molecule has 2 aromatic rings. The largest absolute Gasteiger partial charge is 0.200 e. The van der Waals surface area contributed by atoms with Crippen molar-refractivity contribution >= 4 is 9.44 Å². The van der Waals surface area contributed by atoms with Crippen molar-refractivity contribution in [2.45, 2.75) is 73.6 Å². The summed E-state index contributed by atoms with van der Waals surface area (Å²) in [6.07, 6.45) is 23.0. The SMILES string of the molecule is C#S(C)(C)C.CCc1cc(C)cc(C)c1.Cc1cc(C)c(C)c(CC\C2=C/C=C\C=C\CC2)c1. The molecule has 0 amide bonds. The Morgan fingerprint density at radius 3 is 1.94 bits per heavy atom. The van der Waals surface area contributed by atoms with E-state index in [2.05, 4.69) is 102 Å². The number of allylic oxidation sites excluding steroid dienone is 6. The van der Waals surface area contributed by atoms with Crippen LogP contribution in [-0.2, 0) is 12.8 Å². The fourth-order valence-electron chi connectivity index (χ4n) is 3.95. The molecule has 3 rings (SSSR count). The summed E-state index contributed by atoms with van der Waals surface area (Å²) in [5.41, 5.74) is 17.0. The Morgan fingerprint density at radius 2 is 1.35 bits per heavy atom. The molecule has 186 valence electrons. The van der Waals surface area contributed by atoms with Crippen LogP contribution >= 0.6 is 9.44 Å². The Labute approximate surface area is 212 Å². The Balaban J connectivity index is 0.000000321. The van der Waals surface area contributed by atoms with Gasteiger partial charge in [-0.1, -0.05) is 89.9 Å². The van der Waals surface area contributed by atoms with Gasteiger partial charge in [-0.2, -0.15) is 0 Å². The lowest BCUT2D eigenvalue weighted by Gasteiger charge is -2.12. The summed E-state index contributed by atoms with van der Waals surface area (Å²) in [5.74, 6) is 0. The van der Waals surface area contributed by atoms with Crippen LogP contribution in [0.1, 0.15) is 65.1 Å². The molecule has 1 aliphatic rings. The second kappa shape index (κ2) is 14.9. The Bertz CT molecular complexity index is 1070. The van der Waals surface area contributed by atoms with Crippen LogP contribution in [0.15, 0.2) is 66.3 Å². The lowest BCUT2D eigenvalue weighted by atomic mass is 9.94. The van der Waals surface area contributed by atoms with E-state index >= 15 is 0 Å². The third-order valence-corrected chi connectivity index (χ3v) is 5.65. The second-order valence-electron chi connectivity index (χ2n) is 10.3. The number of rotatable bonds is 4. The summed E-state index contributed by atoms with van der Waals surface area (Å²) in [4.78, 5) is 0. The van der Waals surface area contributed by atoms with Gasteiger partial charge in [0.2, 0.25) is 0 Å². The van der Waals surface area contributed by atoms with E-state index in [4.69, 9.17) is 5.69 Å². The van der Waals surface area contributed by atoms with Gasteiger partial charge in [0.25, 0.3) is 0 Å². The van der Waals surface area contributed by atoms with Crippen LogP contribution in [-0.4, -0.2) is 18.8 Å². The van der Waals surface area contributed by atoms with Gasteiger partial charge in [0, 0.05) is 0 Å². The van der Waals surface area contributed by atoms with Crippen molar-refractivity contribution in [3.63, 3.8) is 0 Å². The Morgan fingerprint density at radius 1 is 0.765 bits per heavy atom. The van der Waals surface area contributed by atoms with Crippen LogP contribution in [0.5, 0.6) is 0 Å². The van der Waals surface area contributed by atoms with E-state index in [1.54, 1.807) is 5.57 Å². The molecule has 1 aliphatic carbocycles. The summed E-state index contributed by atoms with van der Waals surface area (Å²) >= 11 is 0. The highest BCUT2D eigenvalue weighted by Crippen LogP contribution is 2.21. The predicted molar refractivity (Wildman–Crippen MR) is 160 cm³/mol. The molecule has 0 saturated heterocycles. The number of hydrogen-bond donors (Lipinski definition) is 0. The molecule has 0 nitrogen and oxygen atoms in total. The topological polar surface area (TPSA) is 0 Å². The molecule has 0 unspecified atom stereocenters. The molecule has 0 aliphatic heterocycles. The molecule has 1 heteroatoms. The average Bonchev–Trinajstić information content (AvgIpc) is 2.69. The normalized spacial score (nSPS) is 16.4. The van der Waals surface area contributed by atoms with Gasteiger partial charge in [-0.15, -0.1) is 5.69 Å². The first kappa shape index (κ1) is 29.8. The molecule has 0 bridgehead atoms. The molecule has 34 heavy (non-hydrogen) atoms. The maximum absolute atomic E-state index is 5.44. The van der Waals surface area contributed by atoms with E-state index in [0.717, 1.165) is 12.8 Å². The third kappa shape index (κ3) is 13.5. The van der Waals surface area contributed by atoms with Crippen LogP contribution in [0.3, 0.4) is 0 Å². The zero-order valence-electron chi connectivity index (χ0n) is 23.3. The first-order chi connectivity index (χ1) is 15.9. The molecule has 2 aromatic carbocycles. The van der Waals surface area contributed by atoms with Crippen LogP contribution < -0.4 is 0 Å². The van der Waals surface area contributed by atoms with E-state index in [9.17, 15) is 0 Å². The van der Waals surface area contributed by atoms with Gasteiger partial charge in [0.15, 0.2) is 0 Å². The Kier molecular flexibility index (Phi) is 13.1. The molecule has 0 atom stereocenters. The van der Waals surface area contributed by atoms with Gasteiger partial charge < -0.3 is 0 Å². The molecular formula is C33H48S. The predicted octanol–water partition coefficient (Wildman–Crippen LogP) is 9.51. The molecular weight excluding hydrogens is 428 g/mol. The van der Waals surface area contributed by atoms with E-state index in [1.165, 1.54) is 58.2 Å². The number of aryl methyl sites for hydroxylation is 6. The minimum atomic E-state index is -0.667. The van der Waals surface area contributed by atoms with Gasteiger partial charge in [0.05, 0.1) is 0 Å². The van der Waals surface area contributed by atoms with Crippen LogP contribution in [0.4, 0.5) is 0 Å². The quantitative estimate of drug-likeness (QED) is 0.412. The van der Waals surface area contributed by atoms with Crippen molar-refractivity contribution in [2.75, 3.05) is 18.8 Å². The van der Waals surface area contributed by atoms with E-state index in [-0.39, 0.29) is 0 Å². The lowest BCUT2D eigenvalue weighted by molar-refractivity contribution is 0.842. The van der Waals surface area contributed by atoms with Crippen LogP contribution in [0.2, 0.25) is 0 Å². The summed E-state index contributed by atoms with van der Waals surface area (Å²) in [6, 6.07) is 11.3. The second-order valence-corrected chi connectivity index (χ2v) is 14.2. The van der Waals surface area contributed by atoms with E-state index < -0.39 is 9.44 Å². The van der Waals surface area contributed by atoms with Gasteiger partial charge >= 0.3 is 0 Å². The molecule has 0 spiro atoms. The highest BCUT2D eigenvalue weighted by Gasteiger charge is 2.05. The van der Waals surface area contributed by atoms with Gasteiger partial charge in [0.1, 0.15) is 0 Å². The molecule has 0 saturated carbocycles. The Hall–Kier alpha value is -2.21. The first-order valence-electron chi connectivity index (χ1n) is 12.5. The maximum Gasteiger partial charge on any atom is -0.0239 e. The molecule has 0 radical (unpaired) electrons. The van der Waals surface area contributed by atoms with Crippen molar-refractivity contribution in [3.8, 4) is 5.69 Å². The highest BCUT2D eigenvalue weighted by atomic mass is 32.2. The van der Waals surface area contributed by atoms with Crippen LogP contribution in [0.25, 0.3) is 0 Å². The standard InChI is InChI=1S/C19H24.C10H14.C4H10S/c1-15-13-16(2)17(3)19(14-15)12-11-18-9-7-5-4-6-8-10-18;1-4-10-6-8(2)5-9(3)7-10;1-5(2,3)4/h4-7,9,13-14H,8,10-12H2,1-3H3;5-7H,4H2,1-3H3;1H,2-4H3/b6-4+,7-5-,18-9-;;. The van der Waals surface area contributed by atoms with Crippen molar-refractivity contribution in [1.82, 2.24) is 0 Å². The van der Waals surface area contributed by atoms with Crippen LogP contribution in [0, 0.1) is 40.3 Å². The third-order valence-electron chi connectivity index (χ3n) is 5.65. The van der Waals surface area contributed by atoms with Gasteiger partial charge in [-0.05, 0) is 108 Å². The number of benzene rings is 2.